The number of aromatic nitrogens is 2. The van der Waals surface area contributed by atoms with Gasteiger partial charge in [-0.25, -0.2) is 9.97 Å². The molecule has 0 aliphatic heterocycles. The SMILES string of the molecule is CCC(N)c1ccc(Sc2ncccn2)cc1. The van der Waals surface area contributed by atoms with Crippen molar-refractivity contribution >= 4 is 11.8 Å². The van der Waals surface area contributed by atoms with Crippen LogP contribution in [-0.2, 0) is 0 Å². The maximum absolute atomic E-state index is 5.97. The van der Waals surface area contributed by atoms with E-state index in [1.165, 1.54) is 5.56 Å². The van der Waals surface area contributed by atoms with Crippen LogP contribution in [0.15, 0.2) is 52.8 Å². The maximum Gasteiger partial charge on any atom is 0.192 e. The summed E-state index contributed by atoms with van der Waals surface area (Å²) in [5.41, 5.74) is 7.14. The molecule has 88 valence electrons. The minimum Gasteiger partial charge on any atom is -0.324 e. The topological polar surface area (TPSA) is 51.8 Å². The molecule has 0 saturated heterocycles. The lowest BCUT2D eigenvalue weighted by atomic mass is 10.1. The van der Waals surface area contributed by atoms with Crippen LogP contribution in [0.1, 0.15) is 24.9 Å². The normalized spacial score (nSPS) is 12.4. The summed E-state index contributed by atoms with van der Waals surface area (Å²) >= 11 is 1.55. The molecular formula is C13H15N3S. The Morgan fingerprint density at radius 1 is 1.18 bits per heavy atom. The molecule has 0 aliphatic carbocycles. The highest BCUT2D eigenvalue weighted by atomic mass is 32.2. The van der Waals surface area contributed by atoms with Crippen LogP contribution in [0, 0.1) is 0 Å². The average Bonchev–Trinajstić information content (AvgIpc) is 2.40. The number of hydrogen-bond donors (Lipinski definition) is 1. The molecule has 1 unspecified atom stereocenters. The van der Waals surface area contributed by atoms with E-state index in [9.17, 15) is 0 Å². The molecule has 0 amide bonds. The van der Waals surface area contributed by atoms with Gasteiger partial charge >= 0.3 is 0 Å². The Labute approximate surface area is 105 Å². The molecule has 17 heavy (non-hydrogen) atoms. The van der Waals surface area contributed by atoms with Crippen molar-refractivity contribution in [3.63, 3.8) is 0 Å². The number of hydrogen-bond acceptors (Lipinski definition) is 4. The molecule has 0 bridgehead atoms. The van der Waals surface area contributed by atoms with E-state index in [0.29, 0.717) is 0 Å². The van der Waals surface area contributed by atoms with Crippen molar-refractivity contribution in [2.45, 2.75) is 29.4 Å². The van der Waals surface area contributed by atoms with Crippen molar-refractivity contribution < 1.29 is 0 Å². The van der Waals surface area contributed by atoms with Gasteiger partial charge in [0, 0.05) is 23.3 Å². The molecule has 3 nitrogen and oxygen atoms in total. The maximum atomic E-state index is 5.97. The summed E-state index contributed by atoms with van der Waals surface area (Å²) in [5.74, 6) is 0. The second-order valence-electron chi connectivity index (χ2n) is 3.72. The largest absolute Gasteiger partial charge is 0.324 e. The fourth-order valence-electron chi connectivity index (χ4n) is 1.46. The lowest BCUT2D eigenvalue weighted by Crippen LogP contribution is -2.07. The van der Waals surface area contributed by atoms with Crippen LogP contribution >= 0.6 is 11.8 Å². The van der Waals surface area contributed by atoms with Crippen LogP contribution in [0.2, 0.25) is 0 Å². The number of nitrogens with zero attached hydrogens (tertiary/aromatic N) is 2. The molecule has 0 aliphatic rings. The second-order valence-corrected chi connectivity index (χ2v) is 4.76. The monoisotopic (exact) mass is 245 g/mol. The van der Waals surface area contributed by atoms with E-state index in [4.69, 9.17) is 5.73 Å². The van der Waals surface area contributed by atoms with Crippen LogP contribution in [0.3, 0.4) is 0 Å². The van der Waals surface area contributed by atoms with Gasteiger partial charge in [-0.1, -0.05) is 19.1 Å². The first-order valence-electron chi connectivity index (χ1n) is 5.60. The van der Waals surface area contributed by atoms with Crippen molar-refractivity contribution in [1.29, 1.82) is 0 Å². The Morgan fingerprint density at radius 2 is 1.82 bits per heavy atom. The van der Waals surface area contributed by atoms with Gasteiger partial charge in [0.05, 0.1) is 0 Å². The fourth-order valence-corrected chi connectivity index (χ4v) is 2.17. The summed E-state index contributed by atoms with van der Waals surface area (Å²) in [5, 5.41) is 0.764. The smallest absolute Gasteiger partial charge is 0.192 e. The van der Waals surface area contributed by atoms with E-state index in [-0.39, 0.29) is 6.04 Å². The highest BCUT2D eigenvalue weighted by Gasteiger charge is 2.04. The zero-order chi connectivity index (χ0) is 12.1. The minimum atomic E-state index is 0.127. The fraction of sp³-hybridized carbons (Fsp3) is 0.231. The van der Waals surface area contributed by atoms with Gasteiger partial charge in [-0.2, -0.15) is 0 Å². The average molecular weight is 245 g/mol. The van der Waals surface area contributed by atoms with Crippen LogP contribution in [0.5, 0.6) is 0 Å². The number of rotatable bonds is 4. The van der Waals surface area contributed by atoms with Gasteiger partial charge in [0.2, 0.25) is 0 Å². The third kappa shape index (κ3) is 3.28. The van der Waals surface area contributed by atoms with Crippen molar-refractivity contribution in [3.8, 4) is 0 Å². The molecule has 2 aromatic rings. The summed E-state index contributed by atoms with van der Waals surface area (Å²) in [6.07, 6.45) is 4.45. The second kappa shape index (κ2) is 5.80. The quantitative estimate of drug-likeness (QED) is 0.841. The first kappa shape index (κ1) is 12.1. The zero-order valence-electron chi connectivity index (χ0n) is 9.71. The standard InChI is InChI=1S/C13H15N3S/c1-2-12(14)10-4-6-11(7-5-10)17-13-15-8-3-9-16-13/h3-9,12H,2,14H2,1H3. The van der Waals surface area contributed by atoms with E-state index in [1.807, 2.05) is 6.07 Å². The predicted octanol–water partition coefficient (Wildman–Crippen LogP) is 3.04. The molecule has 0 spiro atoms. The van der Waals surface area contributed by atoms with Crippen LogP contribution in [-0.4, -0.2) is 9.97 Å². The molecule has 0 saturated carbocycles. The highest BCUT2D eigenvalue weighted by molar-refractivity contribution is 7.99. The lowest BCUT2D eigenvalue weighted by molar-refractivity contribution is 0.698. The number of nitrogens with two attached hydrogens (primary N) is 1. The Balaban J connectivity index is 2.08. The van der Waals surface area contributed by atoms with Crippen molar-refractivity contribution in [2.24, 2.45) is 5.73 Å². The summed E-state index contributed by atoms with van der Waals surface area (Å²) in [4.78, 5) is 9.48. The van der Waals surface area contributed by atoms with E-state index in [1.54, 1.807) is 24.2 Å². The third-order valence-electron chi connectivity index (χ3n) is 2.50. The summed E-state index contributed by atoms with van der Waals surface area (Å²) in [6.45, 7) is 2.09. The first-order valence-corrected chi connectivity index (χ1v) is 6.41. The molecule has 1 heterocycles. The molecule has 2 rings (SSSR count). The van der Waals surface area contributed by atoms with Gasteiger partial charge < -0.3 is 5.73 Å². The third-order valence-corrected chi connectivity index (χ3v) is 3.40. The van der Waals surface area contributed by atoms with Crippen LogP contribution in [0.25, 0.3) is 0 Å². The lowest BCUT2D eigenvalue weighted by Gasteiger charge is -2.09. The molecule has 2 N–H and O–H groups in total. The van der Waals surface area contributed by atoms with E-state index < -0.39 is 0 Å². The molecule has 4 heteroatoms. The molecule has 1 aromatic heterocycles. The number of benzene rings is 1. The minimum absolute atomic E-state index is 0.127. The van der Waals surface area contributed by atoms with Crippen LogP contribution in [0.4, 0.5) is 0 Å². The van der Waals surface area contributed by atoms with Crippen LogP contribution < -0.4 is 5.73 Å². The van der Waals surface area contributed by atoms with Crippen molar-refractivity contribution in [2.75, 3.05) is 0 Å². The molecular weight excluding hydrogens is 230 g/mol. The van der Waals surface area contributed by atoms with Gasteiger partial charge in [0.15, 0.2) is 5.16 Å². The Morgan fingerprint density at radius 3 is 2.41 bits per heavy atom. The van der Waals surface area contributed by atoms with Gasteiger partial charge in [-0.15, -0.1) is 0 Å². The highest BCUT2D eigenvalue weighted by Crippen LogP contribution is 2.25. The summed E-state index contributed by atoms with van der Waals surface area (Å²) in [7, 11) is 0. The Kier molecular flexibility index (Phi) is 4.12. The summed E-state index contributed by atoms with van der Waals surface area (Å²) < 4.78 is 0. The van der Waals surface area contributed by atoms with E-state index >= 15 is 0 Å². The molecule has 0 fully saturated rings. The Hall–Kier alpha value is -1.39. The van der Waals surface area contributed by atoms with E-state index in [0.717, 1.165) is 16.5 Å². The van der Waals surface area contributed by atoms with Gasteiger partial charge in [-0.3, -0.25) is 0 Å². The zero-order valence-corrected chi connectivity index (χ0v) is 10.5. The van der Waals surface area contributed by atoms with E-state index in [2.05, 4.69) is 41.2 Å². The van der Waals surface area contributed by atoms with Crippen molar-refractivity contribution in [1.82, 2.24) is 9.97 Å². The molecule has 1 atom stereocenters. The molecule has 0 radical (unpaired) electrons. The molecule has 1 aromatic carbocycles. The summed E-state index contributed by atoms with van der Waals surface area (Å²) in [6, 6.07) is 10.2. The van der Waals surface area contributed by atoms with Gasteiger partial charge in [-0.05, 0) is 41.9 Å². The predicted molar refractivity (Wildman–Crippen MR) is 69.8 cm³/mol. The van der Waals surface area contributed by atoms with Crippen molar-refractivity contribution in [3.05, 3.63) is 48.3 Å². The van der Waals surface area contributed by atoms with Gasteiger partial charge in [0.1, 0.15) is 0 Å². The first-order chi connectivity index (χ1) is 8.29. The Bertz CT molecular complexity index is 456. The van der Waals surface area contributed by atoms with Gasteiger partial charge in [0.25, 0.3) is 0 Å².